The zero-order chi connectivity index (χ0) is 20.5. The van der Waals surface area contributed by atoms with Gasteiger partial charge in [0.05, 0.1) is 18.3 Å². The van der Waals surface area contributed by atoms with Gasteiger partial charge in [-0.15, -0.1) is 24.8 Å². The van der Waals surface area contributed by atoms with Gasteiger partial charge in [-0.1, -0.05) is 18.2 Å². The van der Waals surface area contributed by atoms with Crippen LogP contribution < -0.4 is 15.5 Å². The van der Waals surface area contributed by atoms with Crippen LogP contribution in [-0.4, -0.2) is 66.6 Å². The molecule has 1 amide bonds. The molecule has 0 aliphatic carbocycles. The predicted octanol–water partition coefficient (Wildman–Crippen LogP) is 3.01. The number of pyridine rings is 1. The van der Waals surface area contributed by atoms with Gasteiger partial charge in [-0.3, -0.25) is 9.69 Å². The number of halogens is 2. The first kappa shape index (κ1) is 24.2. The Kier molecular flexibility index (Phi) is 7.87. The van der Waals surface area contributed by atoms with E-state index in [9.17, 15) is 4.79 Å². The number of carbonyl (C=O) groups excluding carboxylic acids is 1. The molecule has 0 unspecified atom stereocenters. The third kappa shape index (κ3) is 4.95. The largest absolute Gasteiger partial charge is 0.368 e. The number of hydrogen-bond donors (Lipinski definition) is 2. The Bertz CT molecular complexity index is 1050. The number of para-hydroxylation sites is 1. The molecule has 4 heterocycles. The van der Waals surface area contributed by atoms with Gasteiger partial charge in [0, 0.05) is 55.9 Å². The van der Waals surface area contributed by atoms with Crippen molar-refractivity contribution in [1.29, 1.82) is 0 Å². The van der Waals surface area contributed by atoms with E-state index in [4.69, 9.17) is 5.73 Å². The highest BCUT2D eigenvalue weighted by atomic mass is 35.5. The van der Waals surface area contributed by atoms with Crippen LogP contribution in [0.25, 0.3) is 10.9 Å². The molecule has 1 fully saturated rings. The Labute approximate surface area is 200 Å². The van der Waals surface area contributed by atoms with Crippen LogP contribution in [0.2, 0.25) is 0 Å². The first-order chi connectivity index (χ1) is 14.7. The fraction of sp³-hybridized carbons (Fsp3) is 0.391. The molecule has 1 atom stereocenters. The number of carbonyl (C=O) groups is 1. The molecular formula is C23H30Cl2N6O. The Morgan fingerprint density at radius 3 is 2.69 bits per heavy atom. The normalized spacial score (nSPS) is 18.2. The SMILES string of the molecule is Cl.Cl.NC(=O)CN1C[C@@H](CCN2CCN(c3cc4cc[nH]c4cn3)CC2)c2ccccc21. The summed E-state index contributed by atoms with van der Waals surface area (Å²) in [4.78, 5) is 26.3. The van der Waals surface area contributed by atoms with Gasteiger partial charge in [0.1, 0.15) is 5.82 Å². The zero-order valence-electron chi connectivity index (χ0n) is 17.9. The molecule has 2 aromatic heterocycles. The Balaban J connectivity index is 0.00000144. The quantitative estimate of drug-likeness (QED) is 0.571. The highest BCUT2D eigenvalue weighted by molar-refractivity contribution is 5.85. The summed E-state index contributed by atoms with van der Waals surface area (Å²) >= 11 is 0. The van der Waals surface area contributed by atoms with Crippen LogP contribution >= 0.6 is 24.8 Å². The van der Waals surface area contributed by atoms with E-state index in [1.54, 1.807) is 0 Å². The first-order valence-electron chi connectivity index (χ1n) is 10.7. The third-order valence-electron chi connectivity index (χ3n) is 6.42. The molecule has 0 bridgehead atoms. The van der Waals surface area contributed by atoms with Crippen molar-refractivity contribution in [2.75, 3.05) is 55.6 Å². The van der Waals surface area contributed by atoms with Crippen molar-refractivity contribution in [3.05, 3.63) is 54.4 Å². The van der Waals surface area contributed by atoms with Crippen molar-refractivity contribution < 1.29 is 4.79 Å². The molecule has 0 spiro atoms. The highest BCUT2D eigenvalue weighted by Crippen LogP contribution is 2.37. The van der Waals surface area contributed by atoms with Crippen LogP contribution in [0.3, 0.4) is 0 Å². The van der Waals surface area contributed by atoms with Gasteiger partial charge in [-0.25, -0.2) is 4.98 Å². The molecular weight excluding hydrogens is 447 g/mol. The number of aromatic amines is 1. The minimum absolute atomic E-state index is 0. The molecule has 32 heavy (non-hydrogen) atoms. The number of aromatic nitrogens is 2. The van der Waals surface area contributed by atoms with E-state index in [1.165, 1.54) is 10.9 Å². The number of rotatable bonds is 6. The van der Waals surface area contributed by atoms with Crippen molar-refractivity contribution in [3.63, 3.8) is 0 Å². The summed E-state index contributed by atoms with van der Waals surface area (Å²) in [5.41, 5.74) is 9.05. The monoisotopic (exact) mass is 476 g/mol. The lowest BCUT2D eigenvalue weighted by Gasteiger charge is -2.35. The third-order valence-corrected chi connectivity index (χ3v) is 6.42. The van der Waals surface area contributed by atoms with Crippen molar-refractivity contribution in [3.8, 4) is 0 Å². The number of hydrogen-bond acceptors (Lipinski definition) is 5. The van der Waals surface area contributed by atoms with Gasteiger partial charge in [0.25, 0.3) is 0 Å². The lowest BCUT2D eigenvalue weighted by molar-refractivity contribution is -0.116. The Hall–Kier alpha value is -2.48. The molecule has 5 rings (SSSR count). The van der Waals surface area contributed by atoms with Crippen molar-refractivity contribution in [1.82, 2.24) is 14.9 Å². The molecule has 2 aliphatic heterocycles. The van der Waals surface area contributed by atoms with Crippen LogP contribution in [0.5, 0.6) is 0 Å². The molecule has 172 valence electrons. The van der Waals surface area contributed by atoms with E-state index in [0.717, 1.165) is 62.7 Å². The van der Waals surface area contributed by atoms with Crippen LogP contribution in [-0.2, 0) is 4.79 Å². The summed E-state index contributed by atoms with van der Waals surface area (Å²) in [6.45, 7) is 6.34. The second-order valence-electron chi connectivity index (χ2n) is 8.33. The van der Waals surface area contributed by atoms with E-state index >= 15 is 0 Å². The summed E-state index contributed by atoms with van der Waals surface area (Å²) in [7, 11) is 0. The number of anilines is 2. The van der Waals surface area contributed by atoms with Gasteiger partial charge >= 0.3 is 0 Å². The second kappa shape index (κ2) is 10.4. The molecule has 1 aromatic carbocycles. The van der Waals surface area contributed by atoms with Crippen LogP contribution in [0.1, 0.15) is 17.9 Å². The van der Waals surface area contributed by atoms with Gasteiger partial charge in [0.2, 0.25) is 5.91 Å². The minimum Gasteiger partial charge on any atom is -0.368 e. The predicted molar refractivity (Wildman–Crippen MR) is 134 cm³/mol. The van der Waals surface area contributed by atoms with Crippen molar-refractivity contribution >= 4 is 53.1 Å². The van der Waals surface area contributed by atoms with Gasteiger partial charge < -0.3 is 20.5 Å². The summed E-state index contributed by atoms with van der Waals surface area (Å²) in [6, 6.07) is 12.7. The number of nitrogens with one attached hydrogen (secondary N) is 1. The molecule has 0 radical (unpaired) electrons. The molecule has 3 aromatic rings. The van der Waals surface area contributed by atoms with Crippen LogP contribution in [0.4, 0.5) is 11.5 Å². The van der Waals surface area contributed by atoms with Gasteiger partial charge in [-0.05, 0) is 36.7 Å². The molecule has 7 nitrogen and oxygen atoms in total. The summed E-state index contributed by atoms with van der Waals surface area (Å²) in [5, 5.41) is 1.21. The van der Waals surface area contributed by atoms with Crippen molar-refractivity contribution in [2.45, 2.75) is 12.3 Å². The second-order valence-corrected chi connectivity index (χ2v) is 8.33. The topological polar surface area (TPSA) is 81.5 Å². The van der Waals surface area contributed by atoms with E-state index in [-0.39, 0.29) is 30.7 Å². The van der Waals surface area contributed by atoms with E-state index in [2.05, 4.69) is 55.0 Å². The fourth-order valence-electron chi connectivity index (χ4n) is 4.82. The average molecular weight is 477 g/mol. The van der Waals surface area contributed by atoms with Crippen molar-refractivity contribution in [2.24, 2.45) is 5.73 Å². The first-order valence-corrected chi connectivity index (χ1v) is 10.7. The maximum Gasteiger partial charge on any atom is 0.236 e. The van der Waals surface area contributed by atoms with E-state index in [1.807, 2.05) is 18.5 Å². The average Bonchev–Trinajstić information content (AvgIpc) is 3.37. The lowest BCUT2D eigenvalue weighted by atomic mass is 9.97. The van der Waals surface area contributed by atoms with Crippen LogP contribution in [0.15, 0.2) is 48.8 Å². The number of amides is 1. The van der Waals surface area contributed by atoms with Gasteiger partial charge in [-0.2, -0.15) is 0 Å². The smallest absolute Gasteiger partial charge is 0.236 e. The van der Waals surface area contributed by atoms with E-state index < -0.39 is 0 Å². The molecule has 2 aliphatic rings. The number of nitrogens with zero attached hydrogens (tertiary/aromatic N) is 4. The maximum absolute atomic E-state index is 11.4. The zero-order valence-corrected chi connectivity index (χ0v) is 19.6. The van der Waals surface area contributed by atoms with Gasteiger partial charge in [0.15, 0.2) is 0 Å². The maximum atomic E-state index is 11.4. The number of benzene rings is 1. The molecule has 9 heteroatoms. The number of piperazine rings is 1. The minimum atomic E-state index is -0.270. The van der Waals surface area contributed by atoms with E-state index in [0.29, 0.717) is 12.5 Å². The van der Waals surface area contributed by atoms with Crippen LogP contribution in [0, 0.1) is 0 Å². The summed E-state index contributed by atoms with van der Waals surface area (Å²) < 4.78 is 0. The number of fused-ring (bicyclic) bond motifs is 2. The lowest BCUT2D eigenvalue weighted by Crippen LogP contribution is -2.47. The molecule has 0 saturated carbocycles. The molecule has 3 N–H and O–H groups in total. The Morgan fingerprint density at radius 1 is 1.12 bits per heavy atom. The summed E-state index contributed by atoms with van der Waals surface area (Å²) in [6.07, 6.45) is 4.98. The standard InChI is InChI=1S/C23H28N6O.2ClH/c24-22(30)16-29-15-18(19-3-1-2-4-21(19)29)6-8-27-9-11-28(12-10-27)23-13-17-5-7-25-20(17)14-26-23;;/h1-5,7,13-14,18,25H,6,8-12,15-16H2,(H2,24,30);2*1H/t18-;;/m1../s1. The Morgan fingerprint density at radius 2 is 1.91 bits per heavy atom. The number of nitrogens with two attached hydrogens (primary N) is 1. The fourth-order valence-corrected chi connectivity index (χ4v) is 4.82. The summed E-state index contributed by atoms with van der Waals surface area (Å²) in [5.74, 6) is 1.25. The highest BCUT2D eigenvalue weighted by Gasteiger charge is 2.29. The number of H-pyrrole nitrogens is 1. The number of primary amides is 1. The molecule has 1 saturated heterocycles.